The number of aromatic nitrogens is 1. The van der Waals surface area contributed by atoms with Gasteiger partial charge in [0.1, 0.15) is 17.5 Å². The lowest BCUT2D eigenvalue weighted by molar-refractivity contribution is -0.115. The summed E-state index contributed by atoms with van der Waals surface area (Å²) >= 11 is 0. The van der Waals surface area contributed by atoms with Crippen LogP contribution in [-0.2, 0) is 4.79 Å². The molecule has 0 aliphatic rings. The highest BCUT2D eigenvalue weighted by Gasteiger charge is 2.08. The smallest absolute Gasteiger partial charge is 0.224 e. The lowest BCUT2D eigenvalue weighted by Gasteiger charge is -2.12. The van der Waals surface area contributed by atoms with Crippen LogP contribution in [0.2, 0.25) is 0 Å². The van der Waals surface area contributed by atoms with E-state index in [9.17, 15) is 13.6 Å². The van der Waals surface area contributed by atoms with Crippen molar-refractivity contribution < 1.29 is 13.6 Å². The second-order valence-corrected chi connectivity index (χ2v) is 4.08. The summed E-state index contributed by atoms with van der Waals surface area (Å²) in [5.74, 6) is -0.755. The highest BCUT2D eigenvalue weighted by atomic mass is 19.1. The molecule has 1 aromatic carbocycles. The van der Waals surface area contributed by atoms with E-state index in [2.05, 4.69) is 15.6 Å². The standard InChI is InChI=1S/C14H13F2N3O/c1-2-14(20)19-11-5-3-9(15)7-12(11)18-13-6-4-10(16)8-17-13/h3-8H,2H2,1H3,(H,17,18)(H,19,20). The molecule has 2 N–H and O–H groups in total. The molecule has 1 aromatic heterocycles. The number of carbonyl (C=O) groups excluding carboxylic acids is 1. The van der Waals surface area contributed by atoms with Crippen LogP contribution in [0.1, 0.15) is 13.3 Å². The third-order valence-electron chi connectivity index (χ3n) is 2.57. The predicted octanol–water partition coefficient (Wildman–Crippen LogP) is 3.45. The molecule has 0 radical (unpaired) electrons. The molecule has 104 valence electrons. The van der Waals surface area contributed by atoms with Gasteiger partial charge < -0.3 is 10.6 Å². The third kappa shape index (κ3) is 3.50. The monoisotopic (exact) mass is 277 g/mol. The molecule has 0 saturated heterocycles. The van der Waals surface area contributed by atoms with Crippen LogP contribution in [0.3, 0.4) is 0 Å². The number of amides is 1. The molecule has 0 bridgehead atoms. The topological polar surface area (TPSA) is 54.0 Å². The number of hydrogen-bond donors (Lipinski definition) is 2. The minimum Gasteiger partial charge on any atom is -0.338 e. The van der Waals surface area contributed by atoms with Crippen LogP contribution >= 0.6 is 0 Å². The SMILES string of the molecule is CCC(=O)Nc1ccc(F)cc1Nc1ccc(F)cn1. The van der Waals surface area contributed by atoms with Crippen LogP contribution < -0.4 is 10.6 Å². The maximum Gasteiger partial charge on any atom is 0.224 e. The van der Waals surface area contributed by atoms with Gasteiger partial charge in [-0.05, 0) is 30.3 Å². The first-order valence-electron chi connectivity index (χ1n) is 6.06. The molecular formula is C14H13F2N3O. The Morgan fingerprint density at radius 3 is 2.55 bits per heavy atom. The quantitative estimate of drug-likeness (QED) is 0.900. The van der Waals surface area contributed by atoms with Crippen molar-refractivity contribution in [3.63, 3.8) is 0 Å². The molecule has 0 atom stereocenters. The van der Waals surface area contributed by atoms with Crippen LogP contribution in [0.15, 0.2) is 36.5 Å². The molecule has 0 fully saturated rings. The summed E-state index contributed by atoms with van der Waals surface area (Å²) in [6, 6.07) is 6.59. The van der Waals surface area contributed by atoms with Gasteiger partial charge in [0, 0.05) is 6.42 Å². The van der Waals surface area contributed by atoms with Crippen LogP contribution in [0, 0.1) is 11.6 Å². The molecule has 1 heterocycles. The Bertz CT molecular complexity index is 614. The lowest BCUT2D eigenvalue weighted by atomic mass is 10.2. The van der Waals surface area contributed by atoms with Gasteiger partial charge in [0.2, 0.25) is 5.91 Å². The molecule has 0 spiro atoms. The Hall–Kier alpha value is -2.50. The summed E-state index contributed by atoms with van der Waals surface area (Å²) in [7, 11) is 0. The molecule has 2 rings (SSSR count). The van der Waals surface area contributed by atoms with Crippen LogP contribution in [0.25, 0.3) is 0 Å². The van der Waals surface area contributed by atoms with Gasteiger partial charge >= 0.3 is 0 Å². The van der Waals surface area contributed by atoms with E-state index in [0.29, 0.717) is 23.6 Å². The summed E-state index contributed by atoms with van der Waals surface area (Å²) in [6.45, 7) is 1.72. The fourth-order valence-electron chi connectivity index (χ4n) is 1.56. The molecule has 6 heteroatoms. The number of carbonyl (C=O) groups is 1. The van der Waals surface area contributed by atoms with Crippen molar-refractivity contribution in [1.82, 2.24) is 4.98 Å². The van der Waals surface area contributed by atoms with Crippen molar-refractivity contribution in [2.24, 2.45) is 0 Å². The Morgan fingerprint density at radius 1 is 1.15 bits per heavy atom. The highest BCUT2D eigenvalue weighted by molar-refractivity contribution is 5.94. The van der Waals surface area contributed by atoms with Gasteiger partial charge in [0.15, 0.2) is 0 Å². The van der Waals surface area contributed by atoms with E-state index in [1.165, 1.54) is 30.3 Å². The summed E-state index contributed by atoms with van der Waals surface area (Å²) in [5, 5.41) is 5.49. The zero-order valence-corrected chi connectivity index (χ0v) is 10.8. The third-order valence-corrected chi connectivity index (χ3v) is 2.57. The average molecular weight is 277 g/mol. The van der Waals surface area contributed by atoms with E-state index in [-0.39, 0.29) is 5.91 Å². The van der Waals surface area contributed by atoms with Crippen molar-refractivity contribution >= 4 is 23.1 Å². The molecule has 1 amide bonds. The number of nitrogens with one attached hydrogen (secondary N) is 2. The van der Waals surface area contributed by atoms with Crippen molar-refractivity contribution in [1.29, 1.82) is 0 Å². The zero-order chi connectivity index (χ0) is 14.5. The van der Waals surface area contributed by atoms with Gasteiger partial charge in [-0.25, -0.2) is 13.8 Å². The van der Waals surface area contributed by atoms with Gasteiger partial charge in [-0.3, -0.25) is 4.79 Å². The lowest BCUT2D eigenvalue weighted by Crippen LogP contribution is -2.11. The van der Waals surface area contributed by atoms with Gasteiger partial charge in [0.25, 0.3) is 0 Å². The second-order valence-electron chi connectivity index (χ2n) is 4.08. The zero-order valence-electron chi connectivity index (χ0n) is 10.8. The van der Waals surface area contributed by atoms with Crippen LogP contribution in [0.4, 0.5) is 26.0 Å². The maximum atomic E-state index is 13.3. The van der Waals surface area contributed by atoms with E-state index in [1.807, 2.05) is 0 Å². The molecule has 2 aromatic rings. The second kappa shape index (κ2) is 6.10. The van der Waals surface area contributed by atoms with Crippen LogP contribution in [0.5, 0.6) is 0 Å². The first kappa shape index (κ1) is 13.9. The van der Waals surface area contributed by atoms with Crippen molar-refractivity contribution in [3.05, 3.63) is 48.2 Å². The largest absolute Gasteiger partial charge is 0.338 e. The summed E-state index contributed by atoms with van der Waals surface area (Å²) in [6.07, 6.45) is 1.36. The van der Waals surface area contributed by atoms with Gasteiger partial charge in [0.05, 0.1) is 17.6 Å². The Kier molecular flexibility index (Phi) is 4.24. The van der Waals surface area contributed by atoms with E-state index in [0.717, 1.165) is 6.20 Å². The Morgan fingerprint density at radius 2 is 1.90 bits per heavy atom. The first-order valence-corrected chi connectivity index (χ1v) is 6.06. The maximum absolute atomic E-state index is 13.3. The Balaban J connectivity index is 2.26. The number of halogens is 2. The summed E-state index contributed by atoms with van der Waals surface area (Å²) in [4.78, 5) is 15.2. The molecular weight excluding hydrogens is 264 g/mol. The first-order chi connectivity index (χ1) is 9.58. The summed E-state index contributed by atoms with van der Waals surface area (Å²) in [5.41, 5.74) is 0.787. The van der Waals surface area contributed by atoms with Crippen molar-refractivity contribution in [3.8, 4) is 0 Å². The molecule has 0 aliphatic heterocycles. The average Bonchev–Trinajstić information content (AvgIpc) is 2.44. The highest BCUT2D eigenvalue weighted by Crippen LogP contribution is 2.26. The molecule has 0 unspecified atom stereocenters. The summed E-state index contributed by atoms with van der Waals surface area (Å²) < 4.78 is 26.1. The number of rotatable bonds is 4. The fourth-order valence-corrected chi connectivity index (χ4v) is 1.56. The molecule has 20 heavy (non-hydrogen) atoms. The van der Waals surface area contributed by atoms with Crippen molar-refractivity contribution in [2.75, 3.05) is 10.6 Å². The van der Waals surface area contributed by atoms with E-state index in [1.54, 1.807) is 6.92 Å². The number of pyridine rings is 1. The molecule has 0 saturated carbocycles. The van der Waals surface area contributed by atoms with Gasteiger partial charge in [-0.15, -0.1) is 0 Å². The normalized spacial score (nSPS) is 10.2. The molecule has 0 aliphatic carbocycles. The van der Waals surface area contributed by atoms with E-state index in [4.69, 9.17) is 0 Å². The van der Waals surface area contributed by atoms with Crippen molar-refractivity contribution in [2.45, 2.75) is 13.3 Å². The number of benzene rings is 1. The minimum absolute atomic E-state index is 0.188. The Labute approximate surface area is 114 Å². The van der Waals surface area contributed by atoms with Gasteiger partial charge in [-0.2, -0.15) is 0 Å². The van der Waals surface area contributed by atoms with E-state index >= 15 is 0 Å². The predicted molar refractivity (Wildman–Crippen MR) is 72.8 cm³/mol. The van der Waals surface area contributed by atoms with Gasteiger partial charge in [-0.1, -0.05) is 6.92 Å². The number of anilines is 3. The van der Waals surface area contributed by atoms with E-state index < -0.39 is 11.6 Å². The number of nitrogens with zero attached hydrogens (tertiary/aromatic N) is 1. The fraction of sp³-hybridized carbons (Fsp3) is 0.143. The number of hydrogen-bond acceptors (Lipinski definition) is 3. The van der Waals surface area contributed by atoms with Crippen LogP contribution in [-0.4, -0.2) is 10.9 Å². The minimum atomic E-state index is -0.464. The molecule has 4 nitrogen and oxygen atoms in total.